The fraction of sp³-hybridized carbons (Fsp3) is 0.333. The molecule has 1 aromatic rings. The Morgan fingerprint density at radius 2 is 2.28 bits per heavy atom. The van der Waals surface area contributed by atoms with Crippen LogP contribution in [0.3, 0.4) is 0 Å². The van der Waals surface area contributed by atoms with Crippen LogP contribution in [0.2, 0.25) is 0 Å². The van der Waals surface area contributed by atoms with Gasteiger partial charge in [-0.05, 0) is 24.8 Å². The van der Waals surface area contributed by atoms with Crippen molar-refractivity contribution in [1.29, 1.82) is 0 Å². The smallest absolute Gasteiger partial charge is 0.412 e. The fourth-order valence-electron chi connectivity index (χ4n) is 1.98. The van der Waals surface area contributed by atoms with Crippen molar-refractivity contribution in [3.63, 3.8) is 0 Å². The highest BCUT2D eigenvalue weighted by atomic mass is 32.1. The van der Waals surface area contributed by atoms with E-state index in [2.05, 4.69) is 11.9 Å². The third-order valence-corrected chi connectivity index (χ3v) is 3.89. The average Bonchev–Trinajstić information content (AvgIpc) is 2.85. The normalized spacial score (nSPS) is 12.9. The largest absolute Gasteiger partial charge is 0.478 e. The van der Waals surface area contributed by atoms with Crippen LogP contribution in [0, 0.1) is 0 Å². The van der Waals surface area contributed by atoms with E-state index in [1.807, 2.05) is 0 Å². The van der Waals surface area contributed by atoms with Crippen molar-refractivity contribution in [3.8, 4) is 0 Å². The van der Waals surface area contributed by atoms with Crippen molar-refractivity contribution >= 4 is 28.4 Å². The predicted molar refractivity (Wildman–Crippen MR) is 68.5 cm³/mol. The Labute approximate surface area is 108 Å². The molecule has 1 aromatic heterocycles. The summed E-state index contributed by atoms with van der Waals surface area (Å²) in [5.41, 5.74) is 1.06. The molecule has 5 nitrogen and oxygen atoms in total. The van der Waals surface area contributed by atoms with E-state index in [0.717, 1.165) is 29.7 Å². The van der Waals surface area contributed by atoms with Gasteiger partial charge in [-0.2, -0.15) is 0 Å². The molecule has 0 unspecified atom stereocenters. The second-order valence-corrected chi connectivity index (χ2v) is 4.98. The molecule has 1 aliphatic carbocycles. The number of ether oxygens (including phenoxy) is 1. The van der Waals surface area contributed by atoms with Crippen LogP contribution in [0.15, 0.2) is 12.7 Å². The molecule has 1 amide bonds. The van der Waals surface area contributed by atoms with Crippen LogP contribution >= 0.6 is 11.3 Å². The van der Waals surface area contributed by atoms with Gasteiger partial charge in [0.2, 0.25) is 0 Å². The number of amides is 1. The number of carboxylic acids is 1. The molecule has 18 heavy (non-hydrogen) atoms. The highest BCUT2D eigenvalue weighted by Gasteiger charge is 2.27. The minimum Gasteiger partial charge on any atom is -0.478 e. The number of carbonyl (C=O) groups is 2. The molecule has 0 fully saturated rings. The number of thiophene rings is 1. The number of carbonyl (C=O) groups excluding carboxylic acids is 1. The number of nitrogens with one attached hydrogen (secondary N) is 1. The third-order valence-electron chi connectivity index (χ3n) is 2.68. The molecule has 2 rings (SSSR count). The van der Waals surface area contributed by atoms with Crippen molar-refractivity contribution in [1.82, 2.24) is 0 Å². The van der Waals surface area contributed by atoms with Gasteiger partial charge < -0.3 is 9.84 Å². The summed E-state index contributed by atoms with van der Waals surface area (Å²) in [4.78, 5) is 23.7. The van der Waals surface area contributed by atoms with E-state index in [9.17, 15) is 14.7 Å². The Hall–Kier alpha value is -1.82. The molecule has 1 aliphatic rings. The van der Waals surface area contributed by atoms with Gasteiger partial charge in [-0.15, -0.1) is 11.3 Å². The first-order valence-corrected chi connectivity index (χ1v) is 6.37. The summed E-state index contributed by atoms with van der Waals surface area (Å²) in [6, 6.07) is 0. The Morgan fingerprint density at radius 1 is 1.50 bits per heavy atom. The van der Waals surface area contributed by atoms with Crippen molar-refractivity contribution in [2.45, 2.75) is 19.3 Å². The van der Waals surface area contributed by atoms with Crippen LogP contribution < -0.4 is 5.32 Å². The van der Waals surface area contributed by atoms with Crippen LogP contribution in [0.5, 0.6) is 0 Å². The predicted octanol–water partition coefficient (Wildman–Crippen LogP) is 2.67. The third kappa shape index (κ3) is 2.38. The molecule has 0 aromatic carbocycles. The number of anilines is 1. The number of fused-ring (bicyclic) bond motifs is 1. The maximum absolute atomic E-state index is 11.4. The number of carboxylic acid groups (broad SMARTS) is 1. The van der Waals surface area contributed by atoms with Crippen molar-refractivity contribution in [2.75, 3.05) is 11.9 Å². The van der Waals surface area contributed by atoms with E-state index in [1.165, 1.54) is 17.4 Å². The van der Waals surface area contributed by atoms with E-state index in [1.54, 1.807) is 0 Å². The Morgan fingerprint density at radius 3 is 2.94 bits per heavy atom. The maximum atomic E-state index is 11.4. The second-order valence-electron chi connectivity index (χ2n) is 3.88. The van der Waals surface area contributed by atoms with E-state index in [0.29, 0.717) is 5.00 Å². The van der Waals surface area contributed by atoms with Gasteiger partial charge >= 0.3 is 12.1 Å². The van der Waals surface area contributed by atoms with Crippen molar-refractivity contribution in [2.24, 2.45) is 0 Å². The quantitative estimate of drug-likeness (QED) is 0.822. The molecule has 0 bridgehead atoms. The maximum Gasteiger partial charge on any atom is 0.412 e. The molecule has 0 atom stereocenters. The van der Waals surface area contributed by atoms with Gasteiger partial charge in [0.05, 0.1) is 5.56 Å². The van der Waals surface area contributed by atoms with E-state index >= 15 is 0 Å². The first-order chi connectivity index (χ1) is 8.63. The number of aromatic carboxylic acids is 1. The topological polar surface area (TPSA) is 75.6 Å². The molecule has 96 valence electrons. The fourth-order valence-corrected chi connectivity index (χ4v) is 3.25. The molecule has 6 heteroatoms. The van der Waals surface area contributed by atoms with Gasteiger partial charge in [0.1, 0.15) is 11.6 Å². The molecule has 0 aliphatic heterocycles. The number of hydrogen-bond donors (Lipinski definition) is 2. The summed E-state index contributed by atoms with van der Waals surface area (Å²) in [5, 5.41) is 12.1. The molecule has 0 saturated carbocycles. The highest BCUT2D eigenvalue weighted by Crippen LogP contribution is 2.39. The average molecular weight is 267 g/mol. The van der Waals surface area contributed by atoms with E-state index < -0.39 is 12.1 Å². The van der Waals surface area contributed by atoms with E-state index in [-0.39, 0.29) is 12.2 Å². The zero-order valence-electron chi connectivity index (χ0n) is 9.69. The summed E-state index contributed by atoms with van der Waals surface area (Å²) < 4.78 is 4.78. The van der Waals surface area contributed by atoms with Crippen molar-refractivity contribution in [3.05, 3.63) is 28.7 Å². The molecule has 0 spiro atoms. The van der Waals surface area contributed by atoms with Gasteiger partial charge in [0, 0.05) is 4.88 Å². The number of aryl methyl sites for hydroxylation is 1. The lowest BCUT2D eigenvalue weighted by molar-refractivity contribution is 0.0697. The molecule has 2 N–H and O–H groups in total. The van der Waals surface area contributed by atoms with Gasteiger partial charge in [-0.25, -0.2) is 9.59 Å². The summed E-state index contributed by atoms with van der Waals surface area (Å²) in [7, 11) is 0. The van der Waals surface area contributed by atoms with Gasteiger partial charge in [0.15, 0.2) is 0 Å². The summed E-state index contributed by atoms with van der Waals surface area (Å²) >= 11 is 1.32. The zero-order chi connectivity index (χ0) is 13.1. The number of hydrogen-bond acceptors (Lipinski definition) is 4. The zero-order valence-corrected chi connectivity index (χ0v) is 10.5. The lowest BCUT2D eigenvalue weighted by atomic mass is 10.1. The highest BCUT2D eigenvalue weighted by molar-refractivity contribution is 7.17. The summed E-state index contributed by atoms with van der Waals surface area (Å²) in [5.74, 6) is -1.01. The standard InChI is InChI=1S/C12H13NO4S/c1-2-6-17-12(16)13-10-9(11(14)15)7-4-3-5-8(7)18-10/h2H,1,3-6H2,(H,13,16)(H,14,15). The summed E-state index contributed by atoms with van der Waals surface area (Å²) in [6.45, 7) is 3.53. The Bertz CT molecular complexity index is 506. The van der Waals surface area contributed by atoms with Crippen LogP contribution in [-0.4, -0.2) is 23.8 Å². The van der Waals surface area contributed by atoms with E-state index in [4.69, 9.17) is 4.74 Å². The molecular weight excluding hydrogens is 254 g/mol. The first kappa shape index (κ1) is 12.6. The lowest BCUT2D eigenvalue weighted by Gasteiger charge is -2.05. The number of rotatable bonds is 4. The molecule has 1 heterocycles. The van der Waals surface area contributed by atoms with Crippen LogP contribution in [0.1, 0.15) is 27.2 Å². The minimum absolute atomic E-state index is 0.0966. The summed E-state index contributed by atoms with van der Waals surface area (Å²) in [6.07, 6.45) is 3.41. The molecule has 0 saturated heterocycles. The van der Waals surface area contributed by atoms with Crippen LogP contribution in [0.4, 0.5) is 9.80 Å². The molecule has 0 radical (unpaired) electrons. The van der Waals surface area contributed by atoms with Crippen LogP contribution in [0.25, 0.3) is 0 Å². The van der Waals surface area contributed by atoms with Crippen LogP contribution in [-0.2, 0) is 17.6 Å². The van der Waals surface area contributed by atoms with Gasteiger partial charge in [-0.1, -0.05) is 12.7 Å². The molecular formula is C12H13NO4S. The van der Waals surface area contributed by atoms with Crippen molar-refractivity contribution < 1.29 is 19.4 Å². The Kier molecular flexibility index (Phi) is 3.66. The second kappa shape index (κ2) is 5.22. The Balaban J connectivity index is 2.20. The minimum atomic E-state index is -1.01. The lowest BCUT2D eigenvalue weighted by Crippen LogP contribution is -2.15. The first-order valence-electron chi connectivity index (χ1n) is 5.56. The van der Waals surface area contributed by atoms with Gasteiger partial charge in [-0.3, -0.25) is 5.32 Å². The SMILES string of the molecule is C=CCOC(=O)Nc1sc2c(c1C(=O)O)CCC2. The van der Waals surface area contributed by atoms with Gasteiger partial charge in [0.25, 0.3) is 0 Å². The monoisotopic (exact) mass is 267 g/mol.